The summed E-state index contributed by atoms with van der Waals surface area (Å²) >= 11 is 0. The van der Waals surface area contributed by atoms with Crippen LogP contribution < -0.4 is 28.3 Å². The van der Waals surface area contributed by atoms with Crippen LogP contribution >= 0.6 is 0 Å². The van der Waals surface area contributed by atoms with Crippen LogP contribution in [0.4, 0.5) is 0 Å². The first-order valence-electron chi connectivity index (χ1n) is 13.8. The molecule has 4 fully saturated rings. The molecule has 3 nitrogen and oxygen atoms in total. The number of benzene rings is 2. The van der Waals surface area contributed by atoms with Gasteiger partial charge in [0.2, 0.25) is 0 Å². The molecule has 4 saturated carbocycles. The molecule has 0 aromatic heterocycles. The number of rotatable bonds is 9. The van der Waals surface area contributed by atoms with Gasteiger partial charge in [-0.25, -0.2) is 0 Å². The summed E-state index contributed by atoms with van der Waals surface area (Å²) in [5, 5.41) is 0. The molecule has 4 aliphatic rings. The molecule has 0 atom stereocenters. The Labute approximate surface area is 230 Å². The summed E-state index contributed by atoms with van der Waals surface area (Å²) in [5.41, 5.74) is 5.23. The first kappa shape index (κ1) is 27.6. The SMILES string of the molecule is CCCCOc1cc[c-]c(-c2cc(C(C)(C)C)cc(C34CC5CC(CC(C5)C3)C4)c2OCOC)c1.[Li+]. The van der Waals surface area contributed by atoms with Crippen LogP contribution in [0.25, 0.3) is 11.1 Å². The summed E-state index contributed by atoms with van der Waals surface area (Å²) in [4.78, 5) is 0. The van der Waals surface area contributed by atoms with Crippen LogP contribution in [0.3, 0.4) is 0 Å². The Morgan fingerprint density at radius 2 is 1.64 bits per heavy atom. The van der Waals surface area contributed by atoms with Gasteiger partial charge in [-0.3, -0.25) is 0 Å². The van der Waals surface area contributed by atoms with E-state index in [1.807, 2.05) is 12.1 Å². The topological polar surface area (TPSA) is 27.7 Å². The molecule has 0 heterocycles. The van der Waals surface area contributed by atoms with Crippen LogP contribution in [0.1, 0.15) is 90.2 Å². The van der Waals surface area contributed by atoms with E-state index in [-0.39, 0.29) is 36.5 Å². The number of hydrogen-bond acceptors (Lipinski definition) is 3. The van der Waals surface area contributed by atoms with Gasteiger partial charge in [-0.1, -0.05) is 57.4 Å². The molecule has 4 aliphatic carbocycles. The summed E-state index contributed by atoms with van der Waals surface area (Å²) in [7, 11) is 1.71. The molecule has 2 aromatic rings. The van der Waals surface area contributed by atoms with Crippen molar-refractivity contribution >= 4 is 0 Å². The van der Waals surface area contributed by atoms with Gasteiger partial charge in [-0.05, 0) is 79.1 Å². The van der Waals surface area contributed by atoms with Gasteiger partial charge >= 0.3 is 18.9 Å². The fourth-order valence-corrected chi connectivity index (χ4v) is 7.39. The van der Waals surface area contributed by atoms with Gasteiger partial charge < -0.3 is 14.2 Å². The second-order valence-corrected chi connectivity index (χ2v) is 12.5. The zero-order valence-electron chi connectivity index (χ0n) is 23.4. The van der Waals surface area contributed by atoms with E-state index in [1.165, 1.54) is 49.7 Å². The third-order valence-corrected chi connectivity index (χ3v) is 8.72. The van der Waals surface area contributed by atoms with Crippen LogP contribution in [0.2, 0.25) is 0 Å². The molecule has 0 spiro atoms. The van der Waals surface area contributed by atoms with E-state index in [9.17, 15) is 0 Å². The first-order valence-corrected chi connectivity index (χ1v) is 13.8. The van der Waals surface area contributed by atoms with Gasteiger partial charge in [-0.15, -0.1) is 29.8 Å². The van der Waals surface area contributed by atoms with Crippen molar-refractivity contribution in [2.45, 2.75) is 89.9 Å². The number of hydrogen-bond donors (Lipinski definition) is 0. The fourth-order valence-electron chi connectivity index (χ4n) is 7.39. The van der Waals surface area contributed by atoms with Crippen LogP contribution in [-0.2, 0) is 15.6 Å². The molecule has 0 aliphatic heterocycles. The van der Waals surface area contributed by atoms with E-state index in [0.717, 1.165) is 59.8 Å². The molecule has 4 heteroatoms. The summed E-state index contributed by atoms with van der Waals surface area (Å²) in [6.45, 7) is 10.1. The Hall–Kier alpha value is -1.40. The van der Waals surface area contributed by atoms with Crippen molar-refractivity contribution in [3.05, 3.63) is 47.5 Å². The van der Waals surface area contributed by atoms with Gasteiger partial charge in [0.15, 0.2) is 6.79 Å². The molecule has 0 amide bonds. The van der Waals surface area contributed by atoms with Gasteiger partial charge in [0.1, 0.15) is 0 Å². The maximum atomic E-state index is 6.48. The minimum Gasteiger partial charge on any atom is -0.513 e. The first-order chi connectivity index (χ1) is 16.8. The van der Waals surface area contributed by atoms with Gasteiger partial charge in [-0.2, -0.15) is 0 Å². The van der Waals surface area contributed by atoms with Crippen molar-refractivity contribution < 1.29 is 33.1 Å². The van der Waals surface area contributed by atoms with Crippen molar-refractivity contribution in [2.24, 2.45) is 17.8 Å². The number of unbranched alkanes of at least 4 members (excludes halogenated alkanes) is 1. The Morgan fingerprint density at radius 3 is 2.22 bits per heavy atom. The Balaban J connectivity index is 0.00000304. The second-order valence-electron chi connectivity index (χ2n) is 12.5. The predicted octanol–water partition coefficient (Wildman–Crippen LogP) is 5.08. The fraction of sp³-hybridized carbons (Fsp3) is 0.625. The van der Waals surface area contributed by atoms with Crippen molar-refractivity contribution in [3.63, 3.8) is 0 Å². The maximum Gasteiger partial charge on any atom is 1.00 e. The van der Waals surface area contributed by atoms with E-state index in [4.69, 9.17) is 14.2 Å². The summed E-state index contributed by atoms with van der Waals surface area (Å²) < 4.78 is 18.0. The van der Waals surface area contributed by atoms with Gasteiger partial charge in [0, 0.05) is 12.9 Å². The summed E-state index contributed by atoms with van der Waals surface area (Å²) in [6, 6.07) is 14.5. The Bertz CT molecular complexity index is 1000. The zero-order chi connectivity index (χ0) is 24.6. The van der Waals surface area contributed by atoms with E-state index >= 15 is 0 Å². The average Bonchev–Trinajstić information content (AvgIpc) is 2.81. The van der Waals surface area contributed by atoms with Crippen LogP contribution in [0.15, 0.2) is 30.3 Å². The van der Waals surface area contributed by atoms with Crippen molar-refractivity contribution in [3.8, 4) is 22.6 Å². The molecule has 0 unspecified atom stereocenters. The quantitative estimate of drug-likeness (QED) is 0.216. The van der Waals surface area contributed by atoms with Gasteiger partial charge in [0.25, 0.3) is 0 Å². The number of ether oxygens (including phenoxy) is 3. The average molecular weight is 483 g/mol. The van der Waals surface area contributed by atoms with Crippen molar-refractivity contribution in [2.75, 3.05) is 20.5 Å². The minimum atomic E-state index is 0. The van der Waals surface area contributed by atoms with Gasteiger partial charge in [0.05, 0.1) is 12.4 Å². The minimum absolute atomic E-state index is 0. The van der Waals surface area contributed by atoms with Crippen LogP contribution in [-0.4, -0.2) is 20.5 Å². The molecule has 0 N–H and O–H groups in total. The Morgan fingerprint density at radius 1 is 0.972 bits per heavy atom. The standard InChI is InChI=1S/C32H43O3.Li/c1-6-7-11-34-27-10-8-9-25(15-27)28-16-26(31(2,3)4)17-29(30(28)35-21-33-5)32-18-22-12-23(19-32)14-24(13-22)20-32;/h8,10,15-17,22-24H,6-7,11-14,18-21H2,1-5H3;/q-1;+1. The van der Waals surface area contributed by atoms with Crippen molar-refractivity contribution in [1.82, 2.24) is 0 Å². The van der Waals surface area contributed by atoms with E-state index in [1.54, 1.807) is 7.11 Å². The largest absolute Gasteiger partial charge is 1.00 e. The summed E-state index contributed by atoms with van der Waals surface area (Å²) in [5.74, 6) is 4.53. The molecular formula is C32H43LiO3. The third-order valence-electron chi connectivity index (χ3n) is 8.72. The molecule has 2 aromatic carbocycles. The molecule has 6 rings (SSSR count). The monoisotopic (exact) mass is 482 g/mol. The molecule has 4 bridgehead atoms. The maximum absolute atomic E-state index is 6.48. The Kier molecular flexibility index (Phi) is 8.55. The predicted molar refractivity (Wildman–Crippen MR) is 142 cm³/mol. The zero-order valence-corrected chi connectivity index (χ0v) is 23.4. The molecule has 0 radical (unpaired) electrons. The van der Waals surface area contributed by atoms with E-state index < -0.39 is 0 Å². The second kappa shape index (κ2) is 11.1. The van der Waals surface area contributed by atoms with Crippen LogP contribution in [0.5, 0.6) is 11.5 Å². The molecule has 0 saturated heterocycles. The normalized spacial score (nSPS) is 26.5. The smallest absolute Gasteiger partial charge is 0.513 e. The van der Waals surface area contributed by atoms with E-state index in [2.05, 4.69) is 52.0 Å². The van der Waals surface area contributed by atoms with Crippen LogP contribution in [0, 0.1) is 23.8 Å². The third kappa shape index (κ3) is 5.55. The molecule has 190 valence electrons. The molecule has 36 heavy (non-hydrogen) atoms. The number of methoxy groups -OCH3 is 1. The van der Waals surface area contributed by atoms with E-state index in [0.29, 0.717) is 0 Å². The summed E-state index contributed by atoms with van der Waals surface area (Å²) in [6.07, 6.45) is 10.4. The molecular weight excluding hydrogens is 439 g/mol. The van der Waals surface area contributed by atoms with Crippen molar-refractivity contribution in [1.29, 1.82) is 0 Å².